The normalized spacial score (nSPS) is 22.1. The van der Waals surface area contributed by atoms with E-state index in [0.29, 0.717) is 38.4 Å². The van der Waals surface area contributed by atoms with Crippen molar-refractivity contribution < 1.29 is 14.0 Å². The first kappa shape index (κ1) is 19.8. The summed E-state index contributed by atoms with van der Waals surface area (Å²) in [6.07, 6.45) is 3.67. The molecule has 0 N–H and O–H groups in total. The summed E-state index contributed by atoms with van der Waals surface area (Å²) in [5.74, 6) is -0.129. The number of piperidine rings is 2. The molecule has 0 radical (unpaired) electrons. The molecule has 148 valence electrons. The Morgan fingerprint density at radius 1 is 1.26 bits per heavy atom. The van der Waals surface area contributed by atoms with Gasteiger partial charge in [0.2, 0.25) is 11.8 Å². The van der Waals surface area contributed by atoms with E-state index in [2.05, 4.69) is 11.9 Å². The van der Waals surface area contributed by atoms with Crippen LogP contribution in [0.1, 0.15) is 31.2 Å². The van der Waals surface area contributed by atoms with E-state index < -0.39 is 0 Å². The molecule has 1 atom stereocenters. The lowest BCUT2D eigenvalue weighted by Crippen LogP contribution is -2.50. The Balaban J connectivity index is 1.55. The van der Waals surface area contributed by atoms with Gasteiger partial charge in [0.05, 0.1) is 5.92 Å². The number of nitrogens with zero attached hydrogens (tertiary/aromatic N) is 3. The van der Waals surface area contributed by atoms with E-state index in [9.17, 15) is 14.0 Å². The van der Waals surface area contributed by atoms with E-state index in [-0.39, 0.29) is 23.5 Å². The molecule has 2 aliphatic heterocycles. The van der Waals surface area contributed by atoms with E-state index in [1.54, 1.807) is 11.0 Å². The standard InChI is InChI=1S/C21H30FN3O2/c1-23-11-9-19(10-12-23)24(2)21(27)17-6-7-20(26)25(15-17)13-8-16-4-3-5-18(22)14-16/h3-5,14,17,19H,6-13,15H2,1-2H3/t17-/m0/s1. The third-order valence-electron chi connectivity index (χ3n) is 5.99. The molecule has 1 aromatic carbocycles. The average Bonchev–Trinajstić information content (AvgIpc) is 2.67. The maximum absolute atomic E-state index is 13.3. The topological polar surface area (TPSA) is 43.9 Å². The Bertz CT molecular complexity index is 673. The SMILES string of the molecule is CN1CCC(N(C)C(=O)[C@H]2CCC(=O)N(CCc3cccc(F)c3)C2)CC1. The van der Waals surface area contributed by atoms with Crippen LogP contribution in [0.15, 0.2) is 24.3 Å². The molecule has 2 heterocycles. The van der Waals surface area contributed by atoms with Gasteiger partial charge in [0.15, 0.2) is 0 Å². The minimum atomic E-state index is -0.259. The van der Waals surface area contributed by atoms with Gasteiger partial charge in [-0.1, -0.05) is 12.1 Å². The molecule has 5 nitrogen and oxygen atoms in total. The van der Waals surface area contributed by atoms with Crippen molar-refractivity contribution in [3.63, 3.8) is 0 Å². The van der Waals surface area contributed by atoms with Crippen LogP contribution in [0, 0.1) is 11.7 Å². The first-order valence-electron chi connectivity index (χ1n) is 9.91. The monoisotopic (exact) mass is 375 g/mol. The van der Waals surface area contributed by atoms with E-state index >= 15 is 0 Å². The molecule has 0 aromatic heterocycles. The van der Waals surface area contributed by atoms with Gasteiger partial charge >= 0.3 is 0 Å². The van der Waals surface area contributed by atoms with Crippen LogP contribution in [-0.4, -0.2) is 72.8 Å². The van der Waals surface area contributed by atoms with Crippen LogP contribution in [0.3, 0.4) is 0 Å². The van der Waals surface area contributed by atoms with Gasteiger partial charge in [-0.15, -0.1) is 0 Å². The molecule has 2 amide bonds. The van der Waals surface area contributed by atoms with Crippen LogP contribution in [0.25, 0.3) is 0 Å². The fraction of sp³-hybridized carbons (Fsp3) is 0.619. The van der Waals surface area contributed by atoms with Gasteiger partial charge in [0.1, 0.15) is 5.82 Å². The van der Waals surface area contributed by atoms with E-state index in [1.807, 2.05) is 18.0 Å². The number of benzene rings is 1. The van der Waals surface area contributed by atoms with Crippen molar-refractivity contribution in [2.75, 3.05) is 40.3 Å². The Morgan fingerprint density at radius 2 is 2.00 bits per heavy atom. The van der Waals surface area contributed by atoms with Crippen molar-refractivity contribution in [1.82, 2.24) is 14.7 Å². The number of carbonyl (C=O) groups excluding carboxylic acids is 2. The fourth-order valence-electron chi connectivity index (χ4n) is 4.14. The number of likely N-dealkylation sites (tertiary alicyclic amines) is 2. The van der Waals surface area contributed by atoms with Crippen LogP contribution >= 0.6 is 0 Å². The predicted molar refractivity (Wildman–Crippen MR) is 103 cm³/mol. The van der Waals surface area contributed by atoms with Crippen LogP contribution in [-0.2, 0) is 16.0 Å². The van der Waals surface area contributed by atoms with Crippen molar-refractivity contribution in [3.8, 4) is 0 Å². The van der Waals surface area contributed by atoms with Crippen molar-refractivity contribution in [1.29, 1.82) is 0 Å². The fourth-order valence-corrected chi connectivity index (χ4v) is 4.14. The number of rotatable bonds is 5. The highest BCUT2D eigenvalue weighted by atomic mass is 19.1. The molecule has 0 bridgehead atoms. The molecule has 6 heteroatoms. The molecule has 2 fully saturated rings. The summed E-state index contributed by atoms with van der Waals surface area (Å²) in [6, 6.07) is 6.78. The highest BCUT2D eigenvalue weighted by Crippen LogP contribution is 2.23. The third kappa shape index (κ3) is 5.06. The molecule has 0 unspecified atom stereocenters. The molecule has 0 aliphatic carbocycles. The molecule has 0 saturated carbocycles. The number of halogens is 1. The maximum atomic E-state index is 13.3. The van der Waals surface area contributed by atoms with Gasteiger partial charge in [-0.2, -0.15) is 0 Å². The zero-order valence-electron chi connectivity index (χ0n) is 16.4. The smallest absolute Gasteiger partial charge is 0.227 e. The average molecular weight is 375 g/mol. The summed E-state index contributed by atoms with van der Waals surface area (Å²) in [5.41, 5.74) is 0.875. The van der Waals surface area contributed by atoms with Gasteiger partial charge in [-0.25, -0.2) is 4.39 Å². The molecule has 27 heavy (non-hydrogen) atoms. The lowest BCUT2D eigenvalue weighted by molar-refractivity contribution is -0.144. The molecule has 2 aliphatic rings. The van der Waals surface area contributed by atoms with Gasteiger partial charge < -0.3 is 14.7 Å². The summed E-state index contributed by atoms with van der Waals surface area (Å²) in [7, 11) is 4.02. The zero-order chi connectivity index (χ0) is 19.4. The molecule has 0 spiro atoms. The van der Waals surface area contributed by atoms with Gasteiger partial charge in [-0.05, 0) is 63.5 Å². The maximum Gasteiger partial charge on any atom is 0.227 e. The lowest BCUT2D eigenvalue weighted by Gasteiger charge is -2.39. The molecular weight excluding hydrogens is 345 g/mol. The molecule has 1 aromatic rings. The minimum absolute atomic E-state index is 0.0948. The number of hydrogen-bond donors (Lipinski definition) is 0. The largest absolute Gasteiger partial charge is 0.342 e. The summed E-state index contributed by atoms with van der Waals surface area (Å²) >= 11 is 0. The van der Waals surface area contributed by atoms with Gasteiger partial charge in [0.25, 0.3) is 0 Å². The Morgan fingerprint density at radius 3 is 2.70 bits per heavy atom. The number of amides is 2. The Hall–Kier alpha value is -1.95. The highest BCUT2D eigenvalue weighted by Gasteiger charge is 2.34. The van der Waals surface area contributed by atoms with E-state index in [4.69, 9.17) is 0 Å². The van der Waals surface area contributed by atoms with Crippen molar-refractivity contribution in [2.45, 2.75) is 38.1 Å². The Kier molecular flexibility index (Phi) is 6.47. The quantitative estimate of drug-likeness (QED) is 0.792. The zero-order valence-corrected chi connectivity index (χ0v) is 16.4. The second kappa shape index (κ2) is 8.83. The number of hydrogen-bond acceptors (Lipinski definition) is 3. The summed E-state index contributed by atoms with van der Waals surface area (Å²) < 4.78 is 13.3. The minimum Gasteiger partial charge on any atom is -0.342 e. The van der Waals surface area contributed by atoms with Gasteiger partial charge in [0, 0.05) is 32.6 Å². The van der Waals surface area contributed by atoms with Crippen LogP contribution in [0.5, 0.6) is 0 Å². The summed E-state index contributed by atoms with van der Waals surface area (Å²) in [6.45, 7) is 3.05. The molecule has 3 rings (SSSR count). The second-order valence-electron chi connectivity index (χ2n) is 7.94. The van der Waals surface area contributed by atoms with E-state index in [0.717, 1.165) is 31.5 Å². The summed E-state index contributed by atoms with van der Waals surface area (Å²) in [4.78, 5) is 31.2. The predicted octanol–water partition coefficient (Wildman–Crippen LogP) is 2.16. The molecule has 2 saturated heterocycles. The van der Waals surface area contributed by atoms with Crippen LogP contribution in [0.2, 0.25) is 0 Å². The Labute approximate surface area is 161 Å². The number of carbonyl (C=O) groups is 2. The highest BCUT2D eigenvalue weighted by molar-refractivity contribution is 5.84. The van der Waals surface area contributed by atoms with Crippen molar-refractivity contribution >= 4 is 11.8 Å². The van der Waals surface area contributed by atoms with Crippen LogP contribution in [0.4, 0.5) is 4.39 Å². The van der Waals surface area contributed by atoms with Crippen LogP contribution < -0.4 is 0 Å². The lowest BCUT2D eigenvalue weighted by atomic mass is 9.94. The van der Waals surface area contributed by atoms with Gasteiger partial charge in [-0.3, -0.25) is 9.59 Å². The molecular formula is C21H30FN3O2. The third-order valence-corrected chi connectivity index (χ3v) is 5.99. The first-order valence-corrected chi connectivity index (χ1v) is 9.91. The summed E-state index contributed by atoms with van der Waals surface area (Å²) in [5, 5.41) is 0. The van der Waals surface area contributed by atoms with Crippen molar-refractivity contribution in [2.24, 2.45) is 5.92 Å². The first-order chi connectivity index (χ1) is 12.9. The second-order valence-corrected chi connectivity index (χ2v) is 7.94. The van der Waals surface area contributed by atoms with Crippen molar-refractivity contribution in [3.05, 3.63) is 35.6 Å². The van der Waals surface area contributed by atoms with E-state index in [1.165, 1.54) is 12.1 Å².